The maximum Gasteiger partial charge on any atom is 0.578 e. The molecule has 3 heterocycles. The zero-order chi connectivity index (χ0) is 74.5. The quantitative estimate of drug-likeness (QED) is 0.0388. The molecule has 0 bridgehead atoms. The van der Waals surface area contributed by atoms with Crippen molar-refractivity contribution in [2.75, 3.05) is 16.0 Å². The molecule has 6 aromatic carbocycles. The minimum atomic E-state index is -5.03. The lowest BCUT2D eigenvalue weighted by atomic mass is 10.1. The first kappa shape index (κ1) is 74.0. The molecule has 0 unspecified atom stereocenters. The van der Waals surface area contributed by atoms with Crippen LogP contribution in [0.15, 0.2) is 142 Å². The molecular weight excluding hydrogens is 1490 g/mol. The molecule has 4 N–H and O–H groups in total. The standard InChI is InChI=1S/C69H48Cl3F12N6O13P/c70-49-25-43(58(28-46(49)67(76,77)78)101-55-13-10-52(73)37-4-1-7-40(37)55)64(94)85-34-16-19-88(61(91)22-34)31-98-104(97,99-32-89-20-17-35(23-62(89)92)86-65(95)44-26-50(71)47(68(79,80)81)29-59(44)102-56-14-11-53(74)38-5-2-8-41(38)56)100-33-90-21-18-36(24-63(90)93)87-66(96)45-27-51(72)48(69(82,83)84)30-60(45)103-57-15-12-54(75)39-6-3-9-42(39)57/h10-30,97H,1-9,31-33H2,(H2-,85,86,87,91,92,93,94,95,96)/p+1. The second-order valence-electron chi connectivity index (χ2n) is 23.6. The summed E-state index contributed by atoms with van der Waals surface area (Å²) in [6.45, 7) is -3.01. The number of benzene rings is 6. The average molecular weight is 1540 g/mol. The third-order valence-corrected chi connectivity index (χ3v) is 19.2. The number of carbonyl (C=O) groups excluding carboxylic acids is 3. The van der Waals surface area contributed by atoms with E-state index in [1.807, 2.05) is 0 Å². The molecule has 0 spiro atoms. The van der Waals surface area contributed by atoms with E-state index in [2.05, 4.69) is 16.0 Å². The summed E-state index contributed by atoms with van der Waals surface area (Å²) in [6, 6.07) is 16.1. The van der Waals surface area contributed by atoms with Gasteiger partial charge >= 0.3 is 26.7 Å². The van der Waals surface area contributed by atoms with Crippen molar-refractivity contribution in [2.24, 2.45) is 0 Å². The van der Waals surface area contributed by atoms with Crippen LogP contribution in [-0.4, -0.2) is 36.3 Å². The molecule has 0 radical (unpaired) electrons. The largest absolute Gasteiger partial charge is 0.578 e. The van der Waals surface area contributed by atoms with Crippen molar-refractivity contribution in [2.45, 2.75) is 96.5 Å². The number of alkyl halides is 9. The molecule has 542 valence electrons. The minimum absolute atomic E-state index is 0.0256. The van der Waals surface area contributed by atoms with E-state index in [0.717, 1.165) is 86.9 Å². The van der Waals surface area contributed by atoms with E-state index in [-0.39, 0.29) is 51.0 Å². The first-order chi connectivity index (χ1) is 49.2. The highest BCUT2D eigenvalue weighted by molar-refractivity contribution is 7.55. The number of anilines is 3. The molecule has 9 aromatic rings. The molecule has 3 aliphatic rings. The number of hydrogen-bond acceptors (Lipinski definition) is 13. The van der Waals surface area contributed by atoms with Crippen molar-refractivity contribution >= 4 is 77.8 Å². The summed E-state index contributed by atoms with van der Waals surface area (Å²) in [5, 5.41) is 4.40. The number of carbonyl (C=O) groups is 3. The monoisotopic (exact) mass is 1530 g/mol. The highest BCUT2D eigenvalue weighted by Gasteiger charge is 2.47. The van der Waals surface area contributed by atoms with Crippen molar-refractivity contribution < 1.29 is 99.7 Å². The number of rotatable bonds is 21. The lowest BCUT2D eigenvalue weighted by molar-refractivity contribution is -0.138. The van der Waals surface area contributed by atoms with E-state index in [4.69, 9.17) is 62.6 Å². The number of fused-ring (bicyclic) bond motifs is 3. The van der Waals surface area contributed by atoms with Crippen molar-refractivity contribution in [1.82, 2.24) is 13.7 Å². The summed E-state index contributed by atoms with van der Waals surface area (Å²) in [6.07, 6.45) is -8.64. The Morgan fingerprint density at radius 2 is 0.654 bits per heavy atom. The van der Waals surface area contributed by atoms with Gasteiger partial charge < -0.3 is 30.2 Å². The number of aromatic nitrogens is 3. The average Bonchev–Trinajstić information content (AvgIpc) is 1.64. The maximum absolute atomic E-state index is 14.7. The van der Waals surface area contributed by atoms with Gasteiger partial charge in [-0.25, -0.2) is 13.2 Å². The predicted molar refractivity (Wildman–Crippen MR) is 353 cm³/mol. The van der Waals surface area contributed by atoms with E-state index in [0.29, 0.717) is 111 Å². The highest BCUT2D eigenvalue weighted by Crippen LogP contribution is 2.59. The topological polar surface area (TPSA) is 229 Å². The summed E-state index contributed by atoms with van der Waals surface area (Å²) in [5.74, 6) is -7.07. The third kappa shape index (κ3) is 16.1. The van der Waals surface area contributed by atoms with Crippen molar-refractivity contribution in [3.05, 3.63) is 258 Å². The van der Waals surface area contributed by atoms with Crippen LogP contribution in [0.25, 0.3) is 0 Å². The molecule has 0 saturated carbocycles. The molecule has 19 nitrogen and oxygen atoms in total. The van der Waals surface area contributed by atoms with Crippen LogP contribution in [0.3, 0.4) is 0 Å². The zero-order valence-corrected chi connectivity index (χ0v) is 56.1. The van der Waals surface area contributed by atoms with Crippen LogP contribution in [0.4, 0.5) is 69.7 Å². The van der Waals surface area contributed by atoms with Crippen LogP contribution >= 0.6 is 43.0 Å². The zero-order valence-electron chi connectivity index (χ0n) is 52.9. The second kappa shape index (κ2) is 29.4. The molecule has 0 saturated heterocycles. The van der Waals surface area contributed by atoms with Crippen molar-refractivity contribution in [1.29, 1.82) is 0 Å². The van der Waals surface area contributed by atoms with E-state index < -0.39 is 164 Å². The van der Waals surface area contributed by atoms with Crippen molar-refractivity contribution in [3.8, 4) is 34.5 Å². The summed E-state index contributed by atoms with van der Waals surface area (Å²) in [4.78, 5) is 94.8. The second-order valence-corrected chi connectivity index (χ2v) is 26.6. The van der Waals surface area contributed by atoms with Crippen LogP contribution in [0.1, 0.15) is 100 Å². The van der Waals surface area contributed by atoms with Crippen LogP contribution < -0.4 is 46.8 Å². The Morgan fingerprint density at radius 1 is 0.394 bits per heavy atom. The van der Waals surface area contributed by atoms with Gasteiger partial charge in [-0.3, -0.25) is 42.5 Å². The van der Waals surface area contributed by atoms with Gasteiger partial charge in [0.2, 0.25) is 0 Å². The number of amides is 3. The van der Waals surface area contributed by atoms with Gasteiger partial charge in [0.1, 0.15) is 51.9 Å². The maximum atomic E-state index is 14.7. The SMILES string of the molecule is O=C(Nc1ccn(CO[P+](O)(OCn2ccc(NC(=O)c3cc(Cl)c(C(F)(F)F)cc3Oc3ccc(F)c4c3CCC4)cc2=O)OCn2ccc(NC(=O)c3cc(Cl)c(C(F)(F)F)cc3Oc3ccc(F)c4c3CCC4)cc2=O)c(=O)c1)c1cc(Cl)c(C(F)(F)F)cc1Oc1ccc(F)c2c1CCC2. The Balaban J connectivity index is 0.786. The van der Waals surface area contributed by atoms with E-state index in [9.17, 15) is 86.3 Å². The Labute approximate surface area is 593 Å². The Hall–Kier alpha value is -9.72. The van der Waals surface area contributed by atoms with Gasteiger partial charge in [0, 0.05) is 70.5 Å². The fourth-order valence-corrected chi connectivity index (χ4v) is 13.7. The minimum Gasteiger partial charge on any atom is -0.456 e. The molecule has 0 aliphatic heterocycles. The smallest absolute Gasteiger partial charge is 0.456 e. The van der Waals surface area contributed by atoms with E-state index in [1.54, 1.807) is 0 Å². The number of hydrogen-bond donors (Lipinski definition) is 4. The predicted octanol–water partition coefficient (Wildman–Crippen LogP) is 17.2. The van der Waals surface area contributed by atoms with Gasteiger partial charge in [-0.2, -0.15) is 44.4 Å². The molecule has 3 aromatic heterocycles. The van der Waals surface area contributed by atoms with Crippen LogP contribution in [0, 0.1) is 17.5 Å². The molecule has 12 rings (SSSR count). The number of halogens is 15. The third-order valence-electron chi connectivity index (χ3n) is 16.9. The fraction of sp³-hybridized carbons (Fsp3) is 0.217. The first-order valence-corrected chi connectivity index (χ1v) is 33.6. The molecular formula is C69H49Cl3F12N6O13P+. The number of pyridine rings is 3. The van der Waals surface area contributed by atoms with E-state index in [1.165, 1.54) is 18.2 Å². The molecule has 35 heteroatoms. The van der Waals surface area contributed by atoms with Gasteiger partial charge in [-0.15, -0.1) is 13.6 Å². The Kier molecular flexibility index (Phi) is 20.9. The van der Waals surface area contributed by atoms with Gasteiger partial charge in [0.05, 0.1) is 48.4 Å². The lowest BCUT2D eigenvalue weighted by Gasteiger charge is -2.18. The van der Waals surface area contributed by atoms with E-state index >= 15 is 0 Å². The fourth-order valence-electron chi connectivity index (χ4n) is 11.8. The number of ether oxygens (including phenoxy) is 3. The summed E-state index contributed by atoms with van der Waals surface area (Å²) < 4.78 is 208. The van der Waals surface area contributed by atoms with Crippen LogP contribution in [0.5, 0.6) is 34.5 Å². The van der Waals surface area contributed by atoms with Crippen LogP contribution in [0.2, 0.25) is 15.1 Å². The Morgan fingerprint density at radius 3 is 0.904 bits per heavy atom. The summed E-state index contributed by atoms with van der Waals surface area (Å²) >= 11 is 18.1. The molecule has 3 amide bonds. The van der Waals surface area contributed by atoms with Gasteiger partial charge in [0.25, 0.3) is 34.4 Å². The van der Waals surface area contributed by atoms with Crippen LogP contribution in [-0.2, 0) is 90.8 Å². The molecule has 0 atom stereocenters. The van der Waals surface area contributed by atoms with Gasteiger partial charge in [-0.1, -0.05) is 34.8 Å². The number of nitrogens with one attached hydrogen (secondary N) is 3. The highest BCUT2D eigenvalue weighted by atomic mass is 35.5. The normalized spacial score (nSPS) is 13.5. The van der Waals surface area contributed by atoms with Gasteiger partial charge in [0.15, 0.2) is 20.2 Å². The molecule has 3 aliphatic carbocycles. The molecule has 104 heavy (non-hydrogen) atoms. The van der Waals surface area contributed by atoms with Crippen molar-refractivity contribution in [3.63, 3.8) is 0 Å². The number of nitrogens with zero attached hydrogens (tertiary/aromatic N) is 3. The lowest BCUT2D eigenvalue weighted by Crippen LogP contribution is -2.26. The molecule has 0 fully saturated rings. The summed E-state index contributed by atoms with van der Waals surface area (Å²) in [7, 11) is -5.01. The summed E-state index contributed by atoms with van der Waals surface area (Å²) in [5.41, 5.74) is -7.59. The van der Waals surface area contributed by atoms with Gasteiger partial charge in [-0.05, 0) is 165 Å². The first-order valence-electron chi connectivity index (χ1n) is 31.0. The Bertz CT molecular complexity index is 4670.